The predicted octanol–water partition coefficient (Wildman–Crippen LogP) is 3.15. The van der Waals surface area contributed by atoms with Gasteiger partial charge in [-0.05, 0) is 30.7 Å². The maximum absolute atomic E-state index is 13.4. The quantitative estimate of drug-likeness (QED) is 0.456. The van der Waals surface area contributed by atoms with Gasteiger partial charge in [0.05, 0.1) is 47.5 Å². The number of benzene rings is 1. The predicted molar refractivity (Wildman–Crippen MR) is 123 cm³/mol. The van der Waals surface area contributed by atoms with E-state index in [1.807, 2.05) is 0 Å². The first kappa shape index (κ1) is 25.0. The number of anilines is 2. The van der Waals surface area contributed by atoms with Crippen molar-refractivity contribution in [3.8, 4) is 0 Å². The van der Waals surface area contributed by atoms with Gasteiger partial charge in [-0.1, -0.05) is 12.1 Å². The summed E-state index contributed by atoms with van der Waals surface area (Å²) in [5.74, 6) is -0.942. The average molecular weight is 500 g/mol. The fourth-order valence-electron chi connectivity index (χ4n) is 3.76. The first-order chi connectivity index (χ1) is 17.2. The van der Waals surface area contributed by atoms with Gasteiger partial charge in [-0.2, -0.15) is 13.2 Å². The lowest BCUT2D eigenvalue weighted by Crippen LogP contribution is -2.59. The Bertz CT molecular complexity index is 1230. The zero-order chi connectivity index (χ0) is 25.8. The summed E-state index contributed by atoms with van der Waals surface area (Å²) in [5, 5.41) is 8.26. The van der Waals surface area contributed by atoms with Crippen molar-refractivity contribution in [2.24, 2.45) is 0 Å². The van der Waals surface area contributed by atoms with Crippen LogP contribution < -0.4 is 16.0 Å². The van der Waals surface area contributed by atoms with E-state index in [4.69, 9.17) is 4.74 Å². The van der Waals surface area contributed by atoms with Crippen LogP contribution in [0, 0.1) is 6.92 Å². The summed E-state index contributed by atoms with van der Waals surface area (Å²) < 4.78 is 45.5. The molecule has 1 aliphatic rings. The number of aryl methyl sites for hydroxylation is 1. The summed E-state index contributed by atoms with van der Waals surface area (Å²) in [6.45, 7) is 1.94. The van der Waals surface area contributed by atoms with Crippen molar-refractivity contribution in [2.45, 2.75) is 31.6 Å². The molecule has 3 aromatic rings. The number of aromatic nitrogens is 3. The molecule has 0 spiro atoms. The molecule has 3 N–H and O–H groups in total. The van der Waals surface area contributed by atoms with Crippen molar-refractivity contribution < 1.29 is 27.5 Å². The number of para-hydroxylation sites is 1. The van der Waals surface area contributed by atoms with E-state index >= 15 is 0 Å². The normalized spacial score (nSPS) is 17.4. The Morgan fingerprint density at radius 3 is 2.53 bits per heavy atom. The molecule has 1 aliphatic heterocycles. The fraction of sp³-hybridized carbons (Fsp3) is 0.292. The zero-order valence-electron chi connectivity index (χ0n) is 19.2. The van der Waals surface area contributed by atoms with Crippen molar-refractivity contribution in [3.05, 3.63) is 77.6 Å². The molecule has 0 saturated carbocycles. The third-order valence-electron chi connectivity index (χ3n) is 5.73. The van der Waals surface area contributed by atoms with E-state index in [0.717, 1.165) is 6.07 Å². The molecule has 2 aromatic heterocycles. The number of alkyl halides is 3. The molecule has 0 unspecified atom stereocenters. The van der Waals surface area contributed by atoms with Crippen molar-refractivity contribution in [3.63, 3.8) is 0 Å². The number of pyridine rings is 1. The van der Waals surface area contributed by atoms with Crippen LogP contribution in [0.1, 0.15) is 33.6 Å². The van der Waals surface area contributed by atoms with Crippen molar-refractivity contribution in [1.82, 2.24) is 25.6 Å². The smallest absolute Gasteiger partial charge is 0.378 e. The van der Waals surface area contributed by atoms with Gasteiger partial charge in [0.2, 0.25) is 5.91 Å². The number of halogens is 3. The van der Waals surface area contributed by atoms with Crippen LogP contribution >= 0.6 is 0 Å². The second kappa shape index (κ2) is 10.3. The third kappa shape index (κ3) is 5.60. The largest absolute Gasteiger partial charge is 0.418 e. The molecule has 0 bridgehead atoms. The Hall–Kier alpha value is -4.06. The molecule has 3 heterocycles. The number of nitrogens with one attached hydrogen (secondary N) is 3. The van der Waals surface area contributed by atoms with E-state index in [-0.39, 0.29) is 30.8 Å². The molecule has 9 nitrogen and oxygen atoms in total. The third-order valence-corrected chi connectivity index (χ3v) is 5.73. The molecule has 0 aliphatic carbocycles. The van der Waals surface area contributed by atoms with Crippen LogP contribution in [0.5, 0.6) is 0 Å². The Morgan fingerprint density at radius 2 is 1.89 bits per heavy atom. The highest BCUT2D eigenvalue weighted by atomic mass is 19.4. The number of carbonyl (C=O) groups excluding carboxylic acids is 2. The number of hydrogen-bond donors (Lipinski definition) is 3. The van der Waals surface area contributed by atoms with E-state index in [1.54, 1.807) is 25.1 Å². The first-order valence-corrected chi connectivity index (χ1v) is 11.0. The fourth-order valence-corrected chi connectivity index (χ4v) is 3.76. The van der Waals surface area contributed by atoms with Crippen LogP contribution in [0.3, 0.4) is 0 Å². The van der Waals surface area contributed by atoms with E-state index in [1.165, 1.54) is 31.0 Å². The number of carbonyl (C=O) groups is 2. The van der Waals surface area contributed by atoms with Gasteiger partial charge in [0.1, 0.15) is 11.9 Å². The molecule has 0 radical (unpaired) electrons. The first-order valence-electron chi connectivity index (χ1n) is 11.0. The minimum Gasteiger partial charge on any atom is -0.378 e. The summed E-state index contributed by atoms with van der Waals surface area (Å²) >= 11 is 0. The lowest BCUT2D eigenvalue weighted by molar-refractivity contribution is -0.137. The van der Waals surface area contributed by atoms with E-state index in [0.29, 0.717) is 23.6 Å². The number of amides is 2. The average Bonchev–Trinajstić information content (AvgIpc) is 3.34. The number of rotatable bonds is 7. The van der Waals surface area contributed by atoms with Gasteiger partial charge in [0.25, 0.3) is 5.91 Å². The van der Waals surface area contributed by atoms with Gasteiger partial charge in [0, 0.05) is 25.4 Å². The molecule has 1 fully saturated rings. The lowest BCUT2D eigenvalue weighted by Gasteiger charge is -2.27. The summed E-state index contributed by atoms with van der Waals surface area (Å²) in [4.78, 5) is 37.4. The number of nitrogens with zero attached hydrogens (tertiary/aromatic N) is 3. The van der Waals surface area contributed by atoms with Crippen LogP contribution in [-0.4, -0.2) is 45.5 Å². The van der Waals surface area contributed by atoms with Crippen LogP contribution in [0.2, 0.25) is 0 Å². The van der Waals surface area contributed by atoms with Gasteiger partial charge in [0.15, 0.2) is 0 Å². The second-order valence-electron chi connectivity index (χ2n) is 8.31. The number of hydrogen-bond acceptors (Lipinski definition) is 7. The summed E-state index contributed by atoms with van der Waals surface area (Å²) in [6.07, 6.45) is 1.15. The Labute approximate surface area is 204 Å². The highest BCUT2D eigenvalue weighted by molar-refractivity contribution is 5.99. The molecule has 1 atom stereocenters. The molecular formula is C24H23F3N6O3. The van der Waals surface area contributed by atoms with Crippen molar-refractivity contribution in [2.75, 3.05) is 18.5 Å². The number of ether oxygens (including phenoxy) is 1. The Balaban J connectivity index is 1.41. The van der Waals surface area contributed by atoms with Crippen LogP contribution in [-0.2, 0) is 22.3 Å². The maximum Gasteiger partial charge on any atom is 0.418 e. The highest BCUT2D eigenvalue weighted by Crippen LogP contribution is 2.37. The second-order valence-corrected chi connectivity index (χ2v) is 8.31. The van der Waals surface area contributed by atoms with Crippen molar-refractivity contribution in [1.29, 1.82) is 0 Å². The van der Waals surface area contributed by atoms with Crippen LogP contribution in [0.4, 0.5) is 24.5 Å². The topological polar surface area (TPSA) is 118 Å². The van der Waals surface area contributed by atoms with Crippen LogP contribution in [0.25, 0.3) is 0 Å². The SMILES string of the molecule is Cc1cccc(C(F)(F)F)c1Nc1ccc(CNC(=O)[C@]2(NC(=O)c3cncnc3)CCOC2)nc1. The Kier molecular flexibility index (Phi) is 7.15. The molecule has 1 aromatic carbocycles. The van der Waals surface area contributed by atoms with E-state index in [2.05, 4.69) is 30.9 Å². The molecule has 188 valence electrons. The van der Waals surface area contributed by atoms with Crippen LogP contribution in [0.15, 0.2) is 55.2 Å². The maximum atomic E-state index is 13.4. The molecular weight excluding hydrogens is 477 g/mol. The molecule has 1 saturated heterocycles. The summed E-state index contributed by atoms with van der Waals surface area (Å²) in [7, 11) is 0. The van der Waals surface area contributed by atoms with Gasteiger partial charge < -0.3 is 20.7 Å². The molecule has 36 heavy (non-hydrogen) atoms. The molecule has 2 amide bonds. The molecule has 4 rings (SSSR count). The minimum absolute atomic E-state index is 0.00646. The lowest BCUT2D eigenvalue weighted by atomic mass is 9.96. The Morgan fingerprint density at radius 1 is 1.11 bits per heavy atom. The summed E-state index contributed by atoms with van der Waals surface area (Å²) in [6, 6.07) is 7.12. The van der Waals surface area contributed by atoms with Gasteiger partial charge in [-0.3, -0.25) is 14.6 Å². The van der Waals surface area contributed by atoms with Crippen molar-refractivity contribution >= 4 is 23.2 Å². The van der Waals surface area contributed by atoms with Gasteiger partial charge >= 0.3 is 6.18 Å². The standard InChI is InChI=1S/C24H23F3N6O3/c1-15-3-2-4-19(24(25,26)27)20(15)32-18-6-5-17(30-12-18)11-31-22(35)23(7-8-36-13-23)33-21(34)16-9-28-14-29-10-16/h2-6,9-10,12,14,32H,7-8,11,13H2,1H3,(H,31,35)(H,33,34)/t23-/m0/s1. The highest BCUT2D eigenvalue weighted by Gasteiger charge is 2.43. The molecule has 12 heteroatoms. The van der Waals surface area contributed by atoms with E-state index in [9.17, 15) is 22.8 Å². The zero-order valence-corrected chi connectivity index (χ0v) is 19.2. The summed E-state index contributed by atoms with van der Waals surface area (Å²) in [5.41, 5.74) is -0.581. The van der Waals surface area contributed by atoms with E-state index < -0.39 is 29.1 Å². The monoisotopic (exact) mass is 500 g/mol. The van der Waals surface area contributed by atoms with Gasteiger partial charge in [-0.25, -0.2) is 9.97 Å². The minimum atomic E-state index is -4.51. The van der Waals surface area contributed by atoms with Gasteiger partial charge in [-0.15, -0.1) is 0 Å².